The van der Waals surface area contributed by atoms with E-state index < -0.39 is 0 Å². The minimum Gasteiger partial charge on any atom is -0.377 e. The molecular weight excluding hydrogens is 252 g/mol. The summed E-state index contributed by atoms with van der Waals surface area (Å²) >= 11 is 0. The summed E-state index contributed by atoms with van der Waals surface area (Å²) in [5, 5.41) is 9.54. The van der Waals surface area contributed by atoms with Gasteiger partial charge in [0.2, 0.25) is 5.91 Å². The first-order valence-electron chi connectivity index (χ1n) is 7.03. The smallest absolute Gasteiger partial charge is 0.242 e. The van der Waals surface area contributed by atoms with Crippen molar-refractivity contribution in [2.75, 3.05) is 37.4 Å². The number of carbonyl (C=O) groups excluding carboxylic acids is 1. The number of nitrogens with one attached hydrogen (secondary N) is 3. The van der Waals surface area contributed by atoms with E-state index in [0.717, 1.165) is 17.9 Å². The molecule has 5 nitrogen and oxygen atoms in total. The van der Waals surface area contributed by atoms with Crippen molar-refractivity contribution in [3.05, 3.63) is 23.8 Å². The van der Waals surface area contributed by atoms with Gasteiger partial charge < -0.3 is 20.9 Å². The Labute approximate surface area is 120 Å². The van der Waals surface area contributed by atoms with E-state index in [1.807, 2.05) is 37.2 Å². The summed E-state index contributed by atoms with van der Waals surface area (Å²) in [7, 11) is 4.00. The average Bonchev–Trinajstić information content (AvgIpc) is 2.41. The van der Waals surface area contributed by atoms with E-state index in [0.29, 0.717) is 12.6 Å². The number of piperazine rings is 1. The molecule has 0 radical (unpaired) electrons. The number of aryl methyl sites for hydroxylation is 1. The molecule has 2 rings (SSSR count). The van der Waals surface area contributed by atoms with Crippen LogP contribution in [0.5, 0.6) is 0 Å². The van der Waals surface area contributed by atoms with Crippen LogP contribution in [0.25, 0.3) is 0 Å². The standard InChI is InChI=1S/C15H24N4O/c1-10-5-6-12(7-14(10)19(3)4)18-15(20)13-9-16-11(2)8-17-13/h5-7,11,13,16-17H,8-9H2,1-4H3,(H,18,20). The molecule has 0 aromatic heterocycles. The predicted octanol–water partition coefficient (Wildman–Crippen LogP) is 0.949. The molecule has 3 N–H and O–H groups in total. The second-order valence-electron chi connectivity index (χ2n) is 5.66. The van der Waals surface area contributed by atoms with E-state index in [2.05, 4.69) is 29.8 Å². The monoisotopic (exact) mass is 276 g/mol. The topological polar surface area (TPSA) is 56.4 Å². The Balaban J connectivity index is 2.02. The van der Waals surface area contributed by atoms with Gasteiger partial charge in [-0.25, -0.2) is 0 Å². The number of carbonyl (C=O) groups is 1. The van der Waals surface area contributed by atoms with Gasteiger partial charge in [-0.2, -0.15) is 0 Å². The van der Waals surface area contributed by atoms with Crippen molar-refractivity contribution >= 4 is 17.3 Å². The Hall–Kier alpha value is -1.59. The number of anilines is 2. The summed E-state index contributed by atoms with van der Waals surface area (Å²) < 4.78 is 0. The van der Waals surface area contributed by atoms with Gasteiger partial charge in [0, 0.05) is 44.6 Å². The fraction of sp³-hybridized carbons (Fsp3) is 0.533. The zero-order valence-electron chi connectivity index (χ0n) is 12.7. The fourth-order valence-corrected chi connectivity index (χ4v) is 2.37. The molecule has 1 amide bonds. The molecule has 1 heterocycles. The highest BCUT2D eigenvalue weighted by atomic mass is 16.2. The molecule has 0 bridgehead atoms. The highest BCUT2D eigenvalue weighted by Crippen LogP contribution is 2.22. The quantitative estimate of drug-likeness (QED) is 0.769. The van der Waals surface area contributed by atoms with Crippen molar-refractivity contribution in [3.8, 4) is 0 Å². The molecule has 0 spiro atoms. The van der Waals surface area contributed by atoms with Gasteiger partial charge in [-0.15, -0.1) is 0 Å². The van der Waals surface area contributed by atoms with Crippen molar-refractivity contribution in [1.82, 2.24) is 10.6 Å². The molecule has 0 aliphatic carbocycles. The van der Waals surface area contributed by atoms with Crippen LogP contribution in [0.3, 0.4) is 0 Å². The van der Waals surface area contributed by atoms with E-state index >= 15 is 0 Å². The van der Waals surface area contributed by atoms with E-state index in [1.54, 1.807) is 0 Å². The lowest BCUT2D eigenvalue weighted by molar-refractivity contribution is -0.118. The summed E-state index contributed by atoms with van der Waals surface area (Å²) in [6.45, 7) is 5.65. The molecular formula is C15H24N4O. The summed E-state index contributed by atoms with van der Waals surface area (Å²) in [6.07, 6.45) is 0. The highest BCUT2D eigenvalue weighted by Gasteiger charge is 2.23. The maximum Gasteiger partial charge on any atom is 0.242 e. The van der Waals surface area contributed by atoms with Gasteiger partial charge in [-0.3, -0.25) is 4.79 Å². The van der Waals surface area contributed by atoms with Crippen molar-refractivity contribution in [2.45, 2.75) is 25.9 Å². The van der Waals surface area contributed by atoms with E-state index in [9.17, 15) is 4.79 Å². The Bertz CT molecular complexity index is 479. The minimum absolute atomic E-state index is 0.0120. The normalized spacial score (nSPS) is 22.4. The van der Waals surface area contributed by atoms with Crippen LogP contribution in [-0.4, -0.2) is 45.2 Å². The molecule has 1 aromatic carbocycles. The lowest BCUT2D eigenvalue weighted by Crippen LogP contribution is -2.57. The minimum atomic E-state index is -0.171. The van der Waals surface area contributed by atoms with Gasteiger partial charge in [0.05, 0.1) is 6.04 Å². The van der Waals surface area contributed by atoms with Crippen molar-refractivity contribution in [3.63, 3.8) is 0 Å². The summed E-state index contributed by atoms with van der Waals surface area (Å²) in [5.74, 6) is 0.0120. The van der Waals surface area contributed by atoms with Crippen LogP contribution in [0.15, 0.2) is 18.2 Å². The van der Waals surface area contributed by atoms with Crippen LogP contribution < -0.4 is 20.9 Å². The fourth-order valence-electron chi connectivity index (χ4n) is 2.37. The maximum atomic E-state index is 12.2. The SMILES string of the molecule is Cc1ccc(NC(=O)C2CNC(C)CN2)cc1N(C)C. The lowest BCUT2D eigenvalue weighted by Gasteiger charge is -2.28. The van der Waals surface area contributed by atoms with Crippen LogP contribution in [0, 0.1) is 6.92 Å². The van der Waals surface area contributed by atoms with E-state index in [-0.39, 0.29) is 11.9 Å². The molecule has 20 heavy (non-hydrogen) atoms. The average molecular weight is 276 g/mol. The van der Waals surface area contributed by atoms with Crippen molar-refractivity contribution in [2.24, 2.45) is 0 Å². The second-order valence-corrected chi connectivity index (χ2v) is 5.66. The Morgan fingerprint density at radius 3 is 2.65 bits per heavy atom. The van der Waals surface area contributed by atoms with Crippen LogP contribution in [0.4, 0.5) is 11.4 Å². The molecule has 5 heteroatoms. The number of amides is 1. The van der Waals surface area contributed by atoms with Crippen molar-refractivity contribution in [1.29, 1.82) is 0 Å². The van der Waals surface area contributed by atoms with Crippen LogP contribution >= 0.6 is 0 Å². The first-order chi connectivity index (χ1) is 9.47. The van der Waals surface area contributed by atoms with Crippen LogP contribution in [0.2, 0.25) is 0 Å². The molecule has 1 fully saturated rings. The van der Waals surface area contributed by atoms with E-state index in [4.69, 9.17) is 0 Å². The van der Waals surface area contributed by atoms with Crippen molar-refractivity contribution < 1.29 is 4.79 Å². The summed E-state index contributed by atoms with van der Waals surface area (Å²) in [4.78, 5) is 14.3. The van der Waals surface area contributed by atoms with Gasteiger partial charge in [-0.1, -0.05) is 6.07 Å². The number of rotatable bonds is 3. The number of benzene rings is 1. The number of hydrogen-bond donors (Lipinski definition) is 3. The van der Waals surface area contributed by atoms with Gasteiger partial charge in [-0.05, 0) is 31.5 Å². The predicted molar refractivity (Wildman–Crippen MR) is 83.4 cm³/mol. The molecule has 1 aliphatic rings. The van der Waals surface area contributed by atoms with E-state index in [1.165, 1.54) is 5.56 Å². The molecule has 1 aromatic rings. The third-order valence-electron chi connectivity index (χ3n) is 3.62. The van der Waals surface area contributed by atoms with Gasteiger partial charge in [0.1, 0.15) is 0 Å². The lowest BCUT2D eigenvalue weighted by atomic mass is 10.1. The summed E-state index contributed by atoms with van der Waals surface area (Å²) in [6, 6.07) is 6.22. The van der Waals surface area contributed by atoms with Crippen LogP contribution in [-0.2, 0) is 4.79 Å². The zero-order chi connectivity index (χ0) is 14.7. The maximum absolute atomic E-state index is 12.2. The molecule has 0 saturated carbocycles. The third-order valence-corrected chi connectivity index (χ3v) is 3.62. The first-order valence-corrected chi connectivity index (χ1v) is 7.03. The van der Waals surface area contributed by atoms with Gasteiger partial charge in [0.15, 0.2) is 0 Å². The third kappa shape index (κ3) is 3.49. The Morgan fingerprint density at radius 1 is 1.30 bits per heavy atom. The van der Waals surface area contributed by atoms with Crippen LogP contribution in [0.1, 0.15) is 12.5 Å². The number of nitrogens with zero attached hydrogens (tertiary/aromatic N) is 1. The summed E-state index contributed by atoms with van der Waals surface area (Å²) in [5.41, 5.74) is 3.15. The molecule has 1 saturated heterocycles. The van der Waals surface area contributed by atoms with Gasteiger partial charge >= 0.3 is 0 Å². The molecule has 110 valence electrons. The number of hydrogen-bond acceptors (Lipinski definition) is 4. The Kier molecular flexibility index (Phi) is 4.62. The molecule has 1 aliphatic heterocycles. The Morgan fingerprint density at radius 2 is 2.05 bits per heavy atom. The largest absolute Gasteiger partial charge is 0.377 e. The zero-order valence-corrected chi connectivity index (χ0v) is 12.7. The first kappa shape index (κ1) is 14.8. The second kappa shape index (κ2) is 6.24. The van der Waals surface area contributed by atoms with Gasteiger partial charge in [0.25, 0.3) is 0 Å². The molecule has 2 unspecified atom stereocenters. The molecule has 2 atom stereocenters. The highest BCUT2D eigenvalue weighted by molar-refractivity contribution is 5.95.